The predicted molar refractivity (Wildman–Crippen MR) is 96.5 cm³/mol. The van der Waals surface area contributed by atoms with E-state index in [9.17, 15) is 14.0 Å². The van der Waals surface area contributed by atoms with Crippen molar-refractivity contribution in [2.75, 3.05) is 13.1 Å². The highest BCUT2D eigenvalue weighted by molar-refractivity contribution is 6.09. The van der Waals surface area contributed by atoms with Crippen molar-refractivity contribution in [3.63, 3.8) is 0 Å². The number of nitrogens with zero attached hydrogens (tertiary/aromatic N) is 2. The number of rotatable bonds is 4. The minimum Gasteiger partial charge on any atom is -0.468 e. The fourth-order valence-corrected chi connectivity index (χ4v) is 4.31. The molecule has 1 aromatic heterocycles. The van der Waals surface area contributed by atoms with Crippen LogP contribution in [0.3, 0.4) is 0 Å². The van der Waals surface area contributed by atoms with E-state index in [1.54, 1.807) is 11.2 Å². The van der Waals surface area contributed by atoms with Crippen molar-refractivity contribution in [1.29, 1.82) is 0 Å². The molecule has 1 aromatic carbocycles. The standard InChI is InChI=1S/C20H22FN3O3/c1-12-16-9-13(21)10-17(19(22)25)18(16)20(26)24(12)14-4-6-23(7-5-14)11-15-3-2-8-27-15/h2-3,8-10,12,14H,4-7,11H2,1H3,(H2,22,25). The summed E-state index contributed by atoms with van der Waals surface area (Å²) >= 11 is 0. The molecule has 2 N–H and O–H groups in total. The van der Waals surface area contributed by atoms with Crippen molar-refractivity contribution in [1.82, 2.24) is 9.80 Å². The number of hydrogen-bond donors (Lipinski definition) is 1. The average molecular weight is 371 g/mol. The van der Waals surface area contributed by atoms with Crippen LogP contribution in [0.2, 0.25) is 0 Å². The Balaban J connectivity index is 1.51. The Kier molecular flexibility index (Phi) is 4.47. The van der Waals surface area contributed by atoms with Gasteiger partial charge in [-0.1, -0.05) is 0 Å². The molecule has 0 spiro atoms. The van der Waals surface area contributed by atoms with Crippen LogP contribution in [0.25, 0.3) is 0 Å². The molecule has 2 aliphatic heterocycles. The van der Waals surface area contributed by atoms with E-state index in [1.807, 2.05) is 19.1 Å². The first-order chi connectivity index (χ1) is 13.0. The maximum absolute atomic E-state index is 13.9. The zero-order valence-electron chi connectivity index (χ0n) is 15.2. The first-order valence-corrected chi connectivity index (χ1v) is 9.16. The average Bonchev–Trinajstić information content (AvgIpc) is 3.23. The number of hydrogen-bond acceptors (Lipinski definition) is 4. The van der Waals surface area contributed by atoms with Crippen LogP contribution < -0.4 is 5.73 Å². The SMILES string of the molecule is CC1c2cc(F)cc(C(N)=O)c2C(=O)N1C1CCN(Cc2ccco2)CC1. The van der Waals surface area contributed by atoms with Crippen LogP contribution in [-0.2, 0) is 6.54 Å². The number of furan rings is 1. The molecule has 3 heterocycles. The highest BCUT2D eigenvalue weighted by atomic mass is 19.1. The monoisotopic (exact) mass is 371 g/mol. The highest BCUT2D eigenvalue weighted by Gasteiger charge is 2.41. The normalized spacial score (nSPS) is 20.9. The number of halogens is 1. The minimum absolute atomic E-state index is 0.0281. The molecule has 2 aromatic rings. The van der Waals surface area contributed by atoms with E-state index in [4.69, 9.17) is 10.2 Å². The summed E-state index contributed by atoms with van der Waals surface area (Å²) in [7, 11) is 0. The van der Waals surface area contributed by atoms with E-state index in [-0.39, 0.29) is 29.1 Å². The number of likely N-dealkylation sites (tertiary alicyclic amines) is 1. The van der Waals surface area contributed by atoms with Crippen molar-refractivity contribution in [2.45, 2.75) is 38.4 Å². The van der Waals surface area contributed by atoms with Gasteiger partial charge in [-0.05, 0) is 49.6 Å². The lowest BCUT2D eigenvalue weighted by atomic mass is 9.99. The van der Waals surface area contributed by atoms with E-state index >= 15 is 0 Å². The van der Waals surface area contributed by atoms with Gasteiger partial charge in [-0.3, -0.25) is 14.5 Å². The van der Waals surface area contributed by atoms with Gasteiger partial charge in [0.1, 0.15) is 11.6 Å². The summed E-state index contributed by atoms with van der Waals surface area (Å²) in [5, 5.41) is 0. The van der Waals surface area contributed by atoms with Gasteiger partial charge < -0.3 is 15.1 Å². The predicted octanol–water partition coefficient (Wildman–Crippen LogP) is 2.70. The molecular formula is C20H22FN3O3. The molecule has 1 fully saturated rings. The zero-order chi connectivity index (χ0) is 19.1. The molecule has 4 rings (SSSR count). The number of nitrogens with two attached hydrogens (primary N) is 1. The lowest BCUT2D eigenvalue weighted by molar-refractivity contribution is 0.0503. The van der Waals surface area contributed by atoms with Crippen LogP contribution in [0.5, 0.6) is 0 Å². The third kappa shape index (κ3) is 3.12. The molecule has 1 atom stereocenters. The summed E-state index contributed by atoms with van der Waals surface area (Å²) in [5.74, 6) is -0.623. The lowest BCUT2D eigenvalue weighted by Gasteiger charge is -2.38. The van der Waals surface area contributed by atoms with Gasteiger partial charge in [-0.15, -0.1) is 0 Å². The van der Waals surface area contributed by atoms with Gasteiger partial charge in [0, 0.05) is 19.1 Å². The van der Waals surface area contributed by atoms with E-state index in [0.29, 0.717) is 5.56 Å². The van der Waals surface area contributed by atoms with E-state index in [2.05, 4.69) is 4.90 Å². The Morgan fingerprint density at radius 3 is 2.70 bits per heavy atom. The molecule has 0 saturated carbocycles. The molecule has 142 valence electrons. The minimum atomic E-state index is -0.776. The third-order valence-electron chi connectivity index (χ3n) is 5.62. The van der Waals surface area contributed by atoms with E-state index in [1.165, 1.54) is 6.07 Å². The van der Waals surface area contributed by atoms with Crippen molar-refractivity contribution in [2.24, 2.45) is 5.73 Å². The Bertz CT molecular complexity index is 873. The van der Waals surface area contributed by atoms with Crippen molar-refractivity contribution >= 4 is 11.8 Å². The summed E-state index contributed by atoms with van der Waals surface area (Å²) in [4.78, 5) is 28.8. The Labute approximate surface area is 156 Å². The second-order valence-electron chi connectivity index (χ2n) is 7.26. The van der Waals surface area contributed by atoms with Crippen LogP contribution in [-0.4, -0.2) is 40.7 Å². The number of primary amides is 1. The van der Waals surface area contributed by atoms with Gasteiger partial charge >= 0.3 is 0 Å². The van der Waals surface area contributed by atoms with Crippen LogP contribution >= 0.6 is 0 Å². The number of carbonyl (C=O) groups excluding carboxylic acids is 2. The zero-order valence-corrected chi connectivity index (χ0v) is 15.2. The molecule has 6 nitrogen and oxygen atoms in total. The number of fused-ring (bicyclic) bond motifs is 1. The molecule has 7 heteroatoms. The number of benzene rings is 1. The topological polar surface area (TPSA) is 79.8 Å². The van der Waals surface area contributed by atoms with Crippen molar-refractivity contribution < 1.29 is 18.4 Å². The number of piperidine rings is 1. The molecule has 2 aliphatic rings. The van der Waals surface area contributed by atoms with E-state index < -0.39 is 11.7 Å². The Morgan fingerprint density at radius 2 is 2.07 bits per heavy atom. The maximum Gasteiger partial charge on any atom is 0.255 e. The second kappa shape index (κ2) is 6.81. The number of amides is 2. The molecule has 0 bridgehead atoms. The van der Waals surface area contributed by atoms with Crippen LogP contribution in [0.1, 0.15) is 57.8 Å². The van der Waals surface area contributed by atoms with Crippen molar-refractivity contribution in [3.8, 4) is 0 Å². The van der Waals surface area contributed by atoms with Crippen LogP contribution in [0.4, 0.5) is 4.39 Å². The van der Waals surface area contributed by atoms with Crippen LogP contribution in [0.15, 0.2) is 34.9 Å². The van der Waals surface area contributed by atoms with Crippen molar-refractivity contribution in [3.05, 3.63) is 58.8 Å². The second-order valence-corrected chi connectivity index (χ2v) is 7.26. The lowest BCUT2D eigenvalue weighted by Crippen LogP contribution is -2.45. The van der Waals surface area contributed by atoms with Crippen LogP contribution in [0, 0.1) is 5.82 Å². The fraction of sp³-hybridized carbons (Fsp3) is 0.400. The summed E-state index contributed by atoms with van der Waals surface area (Å²) < 4.78 is 19.3. The molecule has 2 amide bonds. The maximum atomic E-state index is 13.9. The number of carbonyl (C=O) groups is 2. The van der Waals surface area contributed by atoms with Gasteiger partial charge in [-0.2, -0.15) is 0 Å². The molecule has 0 aliphatic carbocycles. The third-order valence-corrected chi connectivity index (χ3v) is 5.62. The smallest absolute Gasteiger partial charge is 0.255 e. The van der Waals surface area contributed by atoms with Gasteiger partial charge in [0.15, 0.2) is 0 Å². The molecule has 1 saturated heterocycles. The Morgan fingerprint density at radius 1 is 1.33 bits per heavy atom. The quantitative estimate of drug-likeness (QED) is 0.896. The highest BCUT2D eigenvalue weighted by Crippen LogP contribution is 2.39. The molecule has 1 unspecified atom stereocenters. The molecule has 0 radical (unpaired) electrons. The van der Waals surface area contributed by atoms with E-state index in [0.717, 1.165) is 44.3 Å². The van der Waals surface area contributed by atoms with Gasteiger partial charge in [-0.25, -0.2) is 4.39 Å². The first-order valence-electron chi connectivity index (χ1n) is 9.16. The summed E-state index contributed by atoms with van der Waals surface area (Å²) in [6, 6.07) is 6.01. The van der Waals surface area contributed by atoms with Gasteiger partial charge in [0.2, 0.25) is 5.91 Å². The summed E-state index contributed by atoms with van der Waals surface area (Å²) in [6.45, 7) is 4.31. The molecular weight excluding hydrogens is 349 g/mol. The van der Waals surface area contributed by atoms with Gasteiger partial charge in [0.05, 0.1) is 30.0 Å². The molecule has 27 heavy (non-hydrogen) atoms. The summed E-state index contributed by atoms with van der Waals surface area (Å²) in [6.07, 6.45) is 3.30. The summed E-state index contributed by atoms with van der Waals surface area (Å²) in [5.41, 5.74) is 6.16. The first kappa shape index (κ1) is 17.7. The Hall–Kier alpha value is -2.67. The fourth-order valence-electron chi connectivity index (χ4n) is 4.31. The largest absolute Gasteiger partial charge is 0.468 e. The van der Waals surface area contributed by atoms with Gasteiger partial charge in [0.25, 0.3) is 5.91 Å².